The Hall–Kier alpha value is -1.94. The van der Waals surface area contributed by atoms with Crippen molar-refractivity contribution in [3.05, 3.63) is 53.1 Å². The number of para-hydroxylation sites is 1. The molecule has 0 aliphatic heterocycles. The van der Waals surface area contributed by atoms with Gasteiger partial charge in [0.2, 0.25) is 0 Å². The van der Waals surface area contributed by atoms with Crippen LogP contribution in [0.15, 0.2) is 30.3 Å². The molecule has 0 fully saturated rings. The van der Waals surface area contributed by atoms with Crippen molar-refractivity contribution in [2.24, 2.45) is 0 Å². The van der Waals surface area contributed by atoms with E-state index in [2.05, 4.69) is 10.3 Å². The highest BCUT2D eigenvalue weighted by Crippen LogP contribution is 2.33. The van der Waals surface area contributed by atoms with E-state index in [0.717, 1.165) is 23.4 Å². The van der Waals surface area contributed by atoms with Crippen molar-refractivity contribution < 1.29 is 9.13 Å². The van der Waals surface area contributed by atoms with E-state index < -0.39 is 0 Å². The van der Waals surface area contributed by atoms with Crippen LogP contribution in [0.5, 0.6) is 11.5 Å². The van der Waals surface area contributed by atoms with Crippen LogP contribution < -0.4 is 10.1 Å². The van der Waals surface area contributed by atoms with Crippen molar-refractivity contribution in [1.29, 1.82) is 0 Å². The Balaban J connectivity index is 2.44. The molecule has 1 aromatic heterocycles. The zero-order chi connectivity index (χ0) is 15.4. The Kier molecular flexibility index (Phi) is 4.91. The van der Waals surface area contributed by atoms with Crippen LogP contribution in [-0.4, -0.2) is 12.0 Å². The van der Waals surface area contributed by atoms with Crippen molar-refractivity contribution in [2.75, 3.05) is 7.05 Å². The molecule has 112 valence electrons. The molecule has 0 aliphatic rings. The number of rotatable bonds is 5. The lowest BCUT2D eigenvalue weighted by Gasteiger charge is -2.18. The molecule has 0 saturated heterocycles. The largest absolute Gasteiger partial charge is 0.452 e. The van der Waals surface area contributed by atoms with Gasteiger partial charge in [-0.2, -0.15) is 0 Å². The highest BCUT2D eigenvalue weighted by Gasteiger charge is 2.16. The first-order valence-corrected chi connectivity index (χ1v) is 7.16. The molecule has 0 aliphatic carbocycles. The third-order valence-corrected chi connectivity index (χ3v) is 3.52. The summed E-state index contributed by atoms with van der Waals surface area (Å²) >= 11 is 0. The van der Waals surface area contributed by atoms with Crippen LogP contribution in [0.2, 0.25) is 0 Å². The number of nitrogens with one attached hydrogen (secondary N) is 1. The Bertz CT molecular complexity index is 628. The lowest BCUT2D eigenvalue weighted by atomic mass is 10.1. The molecular formula is C17H21FN2O. The molecule has 1 N–H and O–H groups in total. The monoisotopic (exact) mass is 288 g/mol. The first kappa shape index (κ1) is 15.4. The first-order valence-electron chi connectivity index (χ1n) is 7.16. The summed E-state index contributed by atoms with van der Waals surface area (Å²) in [6.45, 7) is 5.91. The van der Waals surface area contributed by atoms with E-state index in [0.29, 0.717) is 5.75 Å². The molecule has 0 amide bonds. The maximum Gasteiger partial charge on any atom is 0.167 e. The molecule has 1 heterocycles. The van der Waals surface area contributed by atoms with Gasteiger partial charge in [0.05, 0.1) is 5.69 Å². The summed E-state index contributed by atoms with van der Waals surface area (Å²) in [6, 6.07) is 8.69. The number of nitrogens with zero attached hydrogens (tertiary/aromatic N) is 1. The highest BCUT2D eigenvalue weighted by molar-refractivity contribution is 5.42. The van der Waals surface area contributed by atoms with Gasteiger partial charge in [0, 0.05) is 17.3 Å². The van der Waals surface area contributed by atoms with Crippen LogP contribution in [0, 0.1) is 12.7 Å². The topological polar surface area (TPSA) is 34.1 Å². The van der Waals surface area contributed by atoms with Crippen LogP contribution in [-0.2, 0) is 6.42 Å². The van der Waals surface area contributed by atoms with Gasteiger partial charge in [-0.25, -0.2) is 4.39 Å². The van der Waals surface area contributed by atoms with Crippen molar-refractivity contribution >= 4 is 0 Å². The number of aromatic nitrogens is 1. The van der Waals surface area contributed by atoms with Gasteiger partial charge in [0.1, 0.15) is 5.75 Å². The van der Waals surface area contributed by atoms with Gasteiger partial charge in [-0.3, -0.25) is 4.98 Å². The number of hydrogen-bond acceptors (Lipinski definition) is 3. The van der Waals surface area contributed by atoms with Gasteiger partial charge in [-0.1, -0.05) is 19.1 Å². The van der Waals surface area contributed by atoms with Gasteiger partial charge in [-0.15, -0.1) is 0 Å². The predicted octanol–water partition coefficient (Wildman–Crippen LogP) is 4.16. The number of ether oxygens (including phenoxy) is 1. The second-order valence-electron chi connectivity index (χ2n) is 5.02. The van der Waals surface area contributed by atoms with Crippen LogP contribution in [0.4, 0.5) is 4.39 Å². The number of hydrogen-bond donors (Lipinski definition) is 1. The molecule has 1 unspecified atom stereocenters. The minimum atomic E-state index is -0.364. The van der Waals surface area contributed by atoms with Crippen molar-refractivity contribution in [3.63, 3.8) is 0 Å². The summed E-state index contributed by atoms with van der Waals surface area (Å²) in [5.41, 5.74) is 2.55. The van der Waals surface area contributed by atoms with Gasteiger partial charge >= 0.3 is 0 Å². The van der Waals surface area contributed by atoms with Gasteiger partial charge in [0.25, 0.3) is 0 Å². The lowest BCUT2D eigenvalue weighted by Crippen LogP contribution is -2.14. The fourth-order valence-corrected chi connectivity index (χ4v) is 2.18. The summed E-state index contributed by atoms with van der Waals surface area (Å²) in [6.07, 6.45) is 0.738. The minimum Gasteiger partial charge on any atom is -0.452 e. The number of pyridine rings is 1. The summed E-state index contributed by atoms with van der Waals surface area (Å²) < 4.78 is 20.0. The Morgan fingerprint density at radius 2 is 2.05 bits per heavy atom. The Labute approximate surface area is 125 Å². The SMILES string of the molecule is CCc1nc(C)ccc1Oc1c(F)cccc1C(C)NC. The summed E-state index contributed by atoms with van der Waals surface area (Å²) in [4.78, 5) is 4.45. The van der Waals surface area contributed by atoms with E-state index >= 15 is 0 Å². The first-order chi connectivity index (χ1) is 10.1. The second-order valence-corrected chi connectivity index (χ2v) is 5.02. The molecule has 0 saturated carbocycles. The zero-order valence-corrected chi connectivity index (χ0v) is 12.9. The average Bonchev–Trinajstić information content (AvgIpc) is 2.49. The standard InChI is InChI=1S/C17H21FN2O/c1-5-15-16(10-9-11(2)20-15)21-17-13(12(3)19-4)7-6-8-14(17)18/h6-10,12,19H,5H2,1-4H3. The fourth-order valence-electron chi connectivity index (χ4n) is 2.18. The molecule has 2 rings (SSSR count). The molecule has 3 nitrogen and oxygen atoms in total. The maximum atomic E-state index is 14.2. The highest BCUT2D eigenvalue weighted by atomic mass is 19.1. The van der Waals surface area contributed by atoms with E-state index in [4.69, 9.17) is 4.74 Å². The smallest absolute Gasteiger partial charge is 0.167 e. The number of halogens is 1. The maximum absolute atomic E-state index is 14.2. The molecule has 21 heavy (non-hydrogen) atoms. The molecule has 1 aromatic carbocycles. The Morgan fingerprint density at radius 1 is 1.29 bits per heavy atom. The molecule has 4 heteroatoms. The lowest BCUT2D eigenvalue weighted by molar-refractivity contribution is 0.422. The quantitative estimate of drug-likeness (QED) is 0.897. The van der Waals surface area contributed by atoms with Crippen LogP contribution >= 0.6 is 0 Å². The second kappa shape index (κ2) is 6.68. The van der Waals surface area contributed by atoms with E-state index in [1.807, 2.05) is 46.0 Å². The Morgan fingerprint density at radius 3 is 2.71 bits per heavy atom. The number of aryl methyl sites for hydroxylation is 2. The molecule has 0 radical (unpaired) electrons. The van der Waals surface area contributed by atoms with Gasteiger partial charge in [-0.05, 0) is 45.5 Å². The normalized spacial score (nSPS) is 12.2. The fraction of sp³-hybridized carbons (Fsp3) is 0.353. The summed E-state index contributed by atoms with van der Waals surface area (Å²) in [5.74, 6) is 0.509. The van der Waals surface area contributed by atoms with E-state index in [1.165, 1.54) is 6.07 Å². The van der Waals surface area contributed by atoms with Crippen molar-refractivity contribution in [2.45, 2.75) is 33.2 Å². The molecular weight excluding hydrogens is 267 g/mol. The third kappa shape index (κ3) is 3.39. The van der Waals surface area contributed by atoms with Crippen LogP contribution in [0.25, 0.3) is 0 Å². The van der Waals surface area contributed by atoms with E-state index in [9.17, 15) is 4.39 Å². The van der Waals surface area contributed by atoms with Crippen LogP contribution in [0.3, 0.4) is 0 Å². The molecule has 1 atom stereocenters. The zero-order valence-electron chi connectivity index (χ0n) is 12.9. The van der Waals surface area contributed by atoms with Gasteiger partial charge in [0.15, 0.2) is 11.6 Å². The van der Waals surface area contributed by atoms with E-state index in [-0.39, 0.29) is 17.6 Å². The summed E-state index contributed by atoms with van der Waals surface area (Å²) in [5, 5.41) is 3.11. The third-order valence-electron chi connectivity index (χ3n) is 3.52. The van der Waals surface area contributed by atoms with E-state index in [1.54, 1.807) is 6.07 Å². The molecule has 2 aromatic rings. The number of benzene rings is 1. The minimum absolute atomic E-state index is 0.000755. The predicted molar refractivity (Wildman–Crippen MR) is 82.3 cm³/mol. The van der Waals surface area contributed by atoms with Crippen molar-refractivity contribution in [1.82, 2.24) is 10.3 Å². The molecule has 0 spiro atoms. The van der Waals surface area contributed by atoms with Crippen LogP contribution in [0.1, 0.15) is 36.8 Å². The summed E-state index contributed by atoms with van der Waals surface area (Å²) in [7, 11) is 1.84. The average molecular weight is 288 g/mol. The molecule has 0 bridgehead atoms. The van der Waals surface area contributed by atoms with Crippen molar-refractivity contribution in [3.8, 4) is 11.5 Å². The van der Waals surface area contributed by atoms with Gasteiger partial charge < -0.3 is 10.1 Å².